The van der Waals surface area contributed by atoms with Gasteiger partial charge in [0.15, 0.2) is 5.78 Å². The van der Waals surface area contributed by atoms with E-state index in [1.807, 2.05) is 30.5 Å². The molecule has 0 fully saturated rings. The topological polar surface area (TPSA) is 17.1 Å². The summed E-state index contributed by atoms with van der Waals surface area (Å²) in [7, 11) is 0. The molecule has 0 amide bonds. The highest BCUT2D eigenvalue weighted by Crippen LogP contribution is 2.13. The molecule has 1 aromatic carbocycles. The van der Waals surface area contributed by atoms with Crippen molar-refractivity contribution in [2.75, 3.05) is 19.6 Å². The third-order valence-electron chi connectivity index (χ3n) is 3.54. The number of carbonyl (C=O) groups excluding carboxylic acids is 1. The summed E-state index contributed by atoms with van der Waals surface area (Å²) in [6.07, 6.45) is 3.74. The van der Waals surface area contributed by atoms with Crippen molar-refractivity contribution in [1.82, 2.24) is 0 Å². The van der Waals surface area contributed by atoms with Crippen LogP contribution >= 0.6 is 15.9 Å². The first-order chi connectivity index (χ1) is 8.56. The molecule has 1 aromatic rings. The highest BCUT2D eigenvalue weighted by molar-refractivity contribution is 9.10. The van der Waals surface area contributed by atoms with E-state index in [1.165, 1.54) is 0 Å². The normalized spacial score (nSPS) is 12.0. The molecule has 0 aromatic heterocycles. The molecule has 1 rings (SSSR count). The second kappa shape index (κ2) is 6.86. The second-order valence-corrected chi connectivity index (χ2v) is 5.27. The smallest absolute Gasteiger partial charge is 0.191 e. The molecule has 0 aliphatic carbocycles. The van der Waals surface area contributed by atoms with E-state index in [0.29, 0.717) is 0 Å². The maximum absolute atomic E-state index is 12.1. The van der Waals surface area contributed by atoms with Gasteiger partial charge in [-0.15, -0.1) is 0 Å². The summed E-state index contributed by atoms with van der Waals surface area (Å²) in [5.41, 5.74) is 0.724. The lowest BCUT2D eigenvalue weighted by Gasteiger charge is -2.31. The van der Waals surface area contributed by atoms with Gasteiger partial charge in [-0.25, -0.2) is 0 Å². The number of benzene rings is 1. The number of allylic oxidation sites excluding steroid dienone is 1. The van der Waals surface area contributed by atoms with E-state index in [0.717, 1.165) is 34.2 Å². The lowest BCUT2D eigenvalue weighted by Crippen LogP contribution is -2.42. The van der Waals surface area contributed by atoms with Gasteiger partial charge in [-0.2, -0.15) is 0 Å². The van der Waals surface area contributed by atoms with E-state index in [2.05, 4.69) is 36.7 Å². The van der Waals surface area contributed by atoms with Crippen molar-refractivity contribution >= 4 is 21.7 Å². The highest BCUT2D eigenvalue weighted by Gasteiger charge is 2.17. The largest absolute Gasteiger partial charge is 0.298 e. The Morgan fingerprint density at radius 2 is 1.83 bits per heavy atom. The monoisotopic (exact) mass is 310 g/mol. The Hall–Kier alpha value is -0.930. The van der Waals surface area contributed by atoms with Gasteiger partial charge in [0.25, 0.3) is 0 Å². The standard InChI is InChI=1S/C15H21BrNO/c1-4-17(5-2,6-3)11-10-15(18)13-8-7-9-14(16)12-13/h7-12H,4-6H2,1-3H3/q+1. The van der Waals surface area contributed by atoms with Gasteiger partial charge in [0.05, 0.1) is 25.8 Å². The van der Waals surface area contributed by atoms with E-state index < -0.39 is 0 Å². The highest BCUT2D eigenvalue weighted by atomic mass is 79.9. The molecule has 0 N–H and O–H groups in total. The molecule has 0 atom stereocenters. The minimum absolute atomic E-state index is 0.0640. The van der Waals surface area contributed by atoms with E-state index in [1.54, 1.807) is 6.08 Å². The van der Waals surface area contributed by atoms with Crippen molar-refractivity contribution in [3.05, 3.63) is 46.6 Å². The predicted molar refractivity (Wildman–Crippen MR) is 79.5 cm³/mol. The fourth-order valence-corrected chi connectivity index (χ4v) is 2.35. The van der Waals surface area contributed by atoms with Gasteiger partial charge in [-0.05, 0) is 32.9 Å². The van der Waals surface area contributed by atoms with Crippen molar-refractivity contribution in [2.24, 2.45) is 0 Å². The second-order valence-electron chi connectivity index (χ2n) is 4.36. The fraction of sp³-hybridized carbons (Fsp3) is 0.400. The molecule has 0 heterocycles. The molecule has 2 nitrogen and oxygen atoms in total. The molecule has 0 saturated carbocycles. The number of hydrogen-bond acceptors (Lipinski definition) is 1. The van der Waals surface area contributed by atoms with Crippen LogP contribution in [0.1, 0.15) is 31.1 Å². The molecule has 3 heteroatoms. The first-order valence-electron chi connectivity index (χ1n) is 6.41. The molecular formula is C15H21BrNO+. The summed E-state index contributed by atoms with van der Waals surface area (Å²) >= 11 is 3.38. The Bertz CT molecular complexity index is 428. The zero-order valence-electron chi connectivity index (χ0n) is 11.3. The van der Waals surface area contributed by atoms with Gasteiger partial charge < -0.3 is 0 Å². The van der Waals surface area contributed by atoms with Crippen molar-refractivity contribution in [2.45, 2.75) is 20.8 Å². The summed E-state index contributed by atoms with van der Waals surface area (Å²) in [6.45, 7) is 9.49. The molecule has 0 radical (unpaired) electrons. The molecule has 0 aliphatic rings. The average Bonchev–Trinajstić information content (AvgIpc) is 2.40. The van der Waals surface area contributed by atoms with Gasteiger partial charge in [0.1, 0.15) is 0 Å². The van der Waals surface area contributed by atoms with Gasteiger partial charge in [0, 0.05) is 16.1 Å². The van der Waals surface area contributed by atoms with Crippen LogP contribution in [0.25, 0.3) is 0 Å². The minimum atomic E-state index is 0.0640. The number of ketones is 1. The first-order valence-corrected chi connectivity index (χ1v) is 7.21. The predicted octanol–water partition coefficient (Wildman–Crippen LogP) is 4.02. The molecule has 0 aliphatic heterocycles. The maximum Gasteiger partial charge on any atom is 0.191 e. The van der Waals surface area contributed by atoms with E-state index >= 15 is 0 Å². The third kappa shape index (κ3) is 3.79. The lowest BCUT2D eigenvalue weighted by atomic mass is 10.1. The van der Waals surface area contributed by atoms with Crippen molar-refractivity contribution in [1.29, 1.82) is 0 Å². The van der Waals surface area contributed by atoms with Gasteiger partial charge in [0.2, 0.25) is 0 Å². The van der Waals surface area contributed by atoms with Gasteiger partial charge in [-0.1, -0.05) is 28.1 Å². The first kappa shape index (κ1) is 15.1. The molecule has 0 unspecified atom stereocenters. The van der Waals surface area contributed by atoms with E-state index in [-0.39, 0.29) is 5.78 Å². The van der Waals surface area contributed by atoms with Crippen molar-refractivity contribution in [3.8, 4) is 0 Å². The summed E-state index contributed by atoms with van der Waals surface area (Å²) in [4.78, 5) is 12.1. The van der Waals surface area contributed by atoms with Gasteiger partial charge >= 0.3 is 0 Å². The van der Waals surface area contributed by atoms with Crippen LogP contribution in [0.2, 0.25) is 0 Å². The molecule has 0 saturated heterocycles. The summed E-state index contributed by atoms with van der Waals surface area (Å²) in [5.74, 6) is 0.0640. The Labute approximate surface area is 118 Å². The van der Waals surface area contributed by atoms with E-state index in [9.17, 15) is 4.79 Å². The van der Waals surface area contributed by atoms with Crippen LogP contribution in [-0.4, -0.2) is 29.9 Å². The Morgan fingerprint density at radius 1 is 1.22 bits per heavy atom. The van der Waals surface area contributed by atoms with Crippen LogP contribution in [0.15, 0.2) is 41.0 Å². The molecule has 0 spiro atoms. The van der Waals surface area contributed by atoms with Crippen LogP contribution in [0.5, 0.6) is 0 Å². The molecule has 0 bridgehead atoms. The summed E-state index contributed by atoms with van der Waals surface area (Å²) in [5, 5.41) is 0. The Balaban J connectivity index is 2.87. The molecule has 18 heavy (non-hydrogen) atoms. The van der Waals surface area contributed by atoms with Crippen LogP contribution in [-0.2, 0) is 0 Å². The Morgan fingerprint density at radius 3 is 2.33 bits per heavy atom. The third-order valence-corrected chi connectivity index (χ3v) is 4.03. The number of halogens is 1. The maximum atomic E-state index is 12.1. The summed E-state index contributed by atoms with van der Waals surface area (Å²) < 4.78 is 1.78. The zero-order chi connectivity index (χ0) is 13.6. The van der Waals surface area contributed by atoms with Crippen LogP contribution in [0.3, 0.4) is 0 Å². The number of carbonyl (C=O) groups is 1. The van der Waals surface area contributed by atoms with Crippen LogP contribution in [0.4, 0.5) is 0 Å². The molecular weight excluding hydrogens is 290 g/mol. The van der Waals surface area contributed by atoms with E-state index in [4.69, 9.17) is 0 Å². The SMILES string of the molecule is CC[N+](C=CC(=O)c1cccc(Br)c1)(CC)CC. The quantitative estimate of drug-likeness (QED) is 0.440. The minimum Gasteiger partial charge on any atom is -0.298 e. The molecule has 98 valence electrons. The van der Waals surface area contributed by atoms with Crippen molar-refractivity contribution < 1.29 is 9.28 Å². The number of nitrogens with zero attached hydrogens (tertiary/aromatic N) is 1. The fourth-order valence-electron chi connectivity index (χ4n) is 1.95. The van der Waals surface area contributed by atoms with Crippen LogP contribution < -0.4 is 0 Å². The lowest BCUT2D eigenvalue weighted by molar-refractivity contribution is -0.874. The number of quaternary nitrogens is 1. The number of hydrogen-bond donors (Lipinski definition) is 0. The van der Waals surface area contributed by atoms with Crippen LogP contribution in [0, 0.1) is 0 Å². The van der Waals surface area contributed by atoms with Gasteiger partial charge in [-0.3, -0.25) is 9.28 Å². The Kier molecular flexibility index (Phi) is 5.76. The van der Waals surface area contributed by atoms with Crippen molar-refractivity contribution in [3.63, 3.8) is 0 Å². The average molecular weight is 311 g/mol. The number of rotatable bonds is 6. The summed E-state index contributed by atoms with van der Waals surface area (Å²) in [6, 6.07) is 7.50. The zero-order valence-corrected chi connectivity index (χ0v) is 12.9.